The van der Waals surface area contributed by atoms with Crippen LogP contribution in [-0.4, -0.2) is 34.8 Å². The molecule has 3 saturated carbocycles. The molecule has 3 fully saturated rings. The molecule has 0 heterocycles. The van der Waals surface area contributed by atoms with Crippen LogP contribution in [-0.2, 0) is 23.9 Å². The first-order valence-electron chi connectivity index (χ1n) is 14.1. The van der Waals surface area contributed by atoms with Crippen LogP contribution in [0.3, 0.4) is 0 Å². The fourth-order valence-corrected chi connectivity index (χ4v) is 8.30. The van der Waals surface area contributed by atoms with Crippen molar-refractivity contribution in [2.75, 3.05) is 0 Å². The maximum absolute atomic E-state index is 12.8. The Kier molecular flexibility index (Phi) is 7.23. The van der Waals surface area contributed by atoms with Gasteiger partial charge in [-0.15, -0.1) is 0 Å². The molecule has 7 nitrogen and oxygen atoms in total. The molecule has 2 N–H and O–H groups in total. The first-order valence-corrected chi connectivity index (χ1v) is 14.1. The maximum atomic E-state index is 12.8. The zero-order valence-electron chi connectivity index (χ0n) is 22.4. The van der Waals surface area contributed by atoms with Gasteiger partial charge >= 0.3 is 11.9 Å². The first-order chi connectivity index (χ1) is 18.1. The molecule has 38 heavy (non-hydrogen) atoms. The normalized spacial score (nSPS) is 34.7. The van der Waals surface area contributed by atoms with Gasteiger partial charge < -0.3 is 15.2 Å². The van der Waals surface area contributed by atoms with Crippen molar-refractivity contribution in [1.29, 1.82) is 0 Å². The first kappa shape index (κ1) is 26.6. The van der Waals surface area contributed by atoms with Gasteiger partial charge in [-0.25, -0.2) is 4.79 Å². The van der Waals surface area contributed by atoms with Gasteiger partial charge in [0.05, 0.1) is 6.42 Å². The van der Waals surface area contributed by atoms with Crippen LogP contribution in [0.5, 0.6) is 0 Å². The van der Waals surface area contributed by atoms with E-state index in [9.17, 15) is 24.3 Å². The molecule has 0 radical (unpaired) electrons. The molecule has 7 heteroatoms. The van der Waals surface area contributed by atoms with Crippen molar-refractivity contribution < 1.29 is 29.0 Å². The van der Waals surface area contributed by atoms with Crippen molar-refractivity contribution in [3.8, 4) is 0 Å². The molecule has 0 aromatic heterocycles. The fraction of sp³-hybridized carbons (Fsp3) is 0.613. The lowest BCUT2D eigenvalue weighted by molar-refractivity contribution is -0.160. The van der Waals surface area contributed by atoms with Crippen molar-refractivity contribution >= 4 is 23.6 Å². The number of nitrogens with one attached hydrogen (secondary N) is 1. The van der Waals surface area contributed by atoms with Gasteiger partial charge in [-0.2, -0.15) is 0 Å². The highest BCUT2D eigenvalue weighted by molar-refractivity contribution is 5.91. The minimum Gasteiger partial charge on any atom is -0.479 e. The standard InChI is InChI=1S/C31H39NO6/c1-30-16-14-21(33)18-20(30)8-9-22-23-10-11-25(31(23,2)17-15-24(22)30)38-27(35)13-12-26(34)32-28(29(36)37)19-6-4-3-5-7-19/h3-7,18,22-25,28H,8-17H2,1-2H3,(H,32,34)(H,36,37)/t22-,23-,24+,25-,28-,30-,31-/m0/s1. The molecule has 7 atom stereocenters. The summed E-state index contributed by atoms with van der Waals surface area (Å²) in [5.74, 6) is -0.0844. The van der Waals surface area contributed by atoms with Crippen molar-refractivity contribution in [2.24, 2.45) is 28.6 Å². The number of carbonyl (C=O) groups is 4. The van der Waals surface area contributed by atoms with Gasteiger partial charge in [0.2, 0.25) is 5.91 Å². The van der Waals surface area contributed by atoms with E-state index in [2.05, 4.69) is 19.2 Å². The zero-order valence-corrected chi connectivity index (χ0v) is 22.4. The van der Waals surface area contributed by atoms with E-state index in [1.807, 2.05) is 6.08 Å². The molecular formula is C31H39NO6. The number of carboxylic acid groups (broad SMARTS) is 1. The Bertz CT molecular complexity index is 1140. The van der Waals surface area contributed by atoms with Crippen LogP contribution in [0, 0.1) is 28.6 Å². The van der Waals surface area contributed by atoms with Gasteiger partial charge in [0.15, 0.2) is 11.8 Å². The molecule has 0 unspecified atom stereocenters. The fourth-order valence-electron chi connectivity index (χ4n) is 8.30. The number of carbonyl (C=O) groups excluding carboxylic acids is 3. The molecule has 4 aliphatic rings. The van der Waals surface area contributed by atoms with Gasteiger partial charge in [0, 0.05) is 18.3 Å². The van der Waals surface area contributed by atoms with Crippen LogP contribution in [0.2, 0.25) is 0 Å². The number of esters is 1. The molecule has 1 aromatic carbocycles. The molecule has 1 aromatic rings. The Morgan fingerprint density at radius 2 is 1.76 bits per heavy atom. The summed E-state index contributed by atoms with van der Waals surface area (Å²) in [6, 6.07) is 7.36. The average molecular weight is 522 g/mol. The highest BCUT2D eigenvalue weighted by Gasteiger charge is 2.59. The molecule has 4 aliphatic carbocycles. The van der Waals surface area contributed by atoms with E-state index in [1.165, 1.54) is 5.57 Å². The van der Waals surface area contributed by atoms with E-state index in [0.29, 0.717) is 29.7 Å². The minimum absolute atomic E-state index is 0.0666. The van der Waals surface area contributed by atoms with Crippen LogP contribution >= 0.6 is 0 Å². The van der Waals surface area contributed by atoms with E-state index in [-0.39, 0.29) is 35.6 Å². The third-order valence-electron chi connectivity index (χ3n) is 10.4. The Morgan fingerprint density at radius 3 is 2.50 bits per heavy atom. The number of rotatable bonds is 7. The number of amides is 1. The Hall–Kier alpha value is -2.96. The summed E-state index contributed by atoms with van der Waals surface area (Å²) < 4.78 is 6.01. The summed E-state index contributed by atoms with van der Waals surface area (Å²) in [4.78, 5) is 49.0. The number of aliphatic carboxylic acids is 1. The topological polar surface area (TPSA) is 110 Å². The molecule has 5 rings (SSSR count). The number of carboxylic acids is 1. The number of ketones is 1. The predicted octanol–water partition coefficient (Wildman–Crippen LogP) is 5.15. The summed E-state index contributed by atoms with van der Waals surface area (Å²) in [6.07, 6.45) is 9.28. The van der Waals surface area contributed by atoms with Gasteiger partial charge in [-0.3, -0.25) is 14.4 Å². The van der Waals surface area contributed by atoms with E-state index in [4.69, 9.17) is 4.74 Å². The monoisotopic (exact) mass is 521 g/mol. The van der Waals surface area contributed by atoms with Crippen LogP contribution in [0.15, 0.2) is 42.0 Å². The van der Waals surface area contributed by atoms with E-state index in [1.54, 1.807) is 30.3 Å². The average Bonchev–Trinajstić information content (AvgIpc) is 3.22. The third kappa shape index (κ3) is 4.80. The van der Waals surface area contributed by atoms with E-state index < -0.39 is 23.9 Å². The second-order valence-corrected chi connectivity index (χ2v) is 12.3. The number of allylic oxidation sites excluding steroid dienone is 1. The number of fused-ring (bicyclic) bond motifs is 5. The van der Waals surface area contributed by atoms with Crippen molar-refractivity contribution in [2.45, 2.75) is 90.2 Å². The molecule has 204 valence electrons. The summed E-state index contributed by atoms with van der Waals surface area (Å²) in [5, 5.41) is 12.1. The Labute approximate surface area is 224 Å². The number of benzene rings is 1. The van der Waals surface area contributed by atoms with Crippen LogP contribution in [0.1, 0.15) is 89.7 Å². The smallest absolute Gasteiger partial charge is 0.330 e. The predicted molar refractivity (Wildman–Crippen MR) is 141 cm³/mol. The summed E-state index contributed by atoms with van der Waals surface area (Å²) in [6.45, 7) is 4.65. The SMILES string of the molecule is C[C@]12CC[C@@H]3[C@@H](CCC4=CC(=O)CC[C@@]43C)[C@@H]1CC[C@@H]2OC(=O)CCC(=O)N[C@H](C(=O)O)c1ccccc1. The second kappa shape index (κ2) is 10.3. The van der Waals surface area contributed by atoms with E-state index in [0.717, 1.165) is 44.9 Å². The quantitative estimate of drug-likeness (QED) is 0.480. The largest absolute Gasteiger partial charge is 0.479 e. The summed E-state index contributed by atoms with van der Waals surface area (Å²) >= 11 is 0. The van der Waals surface area contributed by atoms with Gasteiger partial charge in [0.1, 0.15) is 6.10 Å². The second-order valence-electron chi connectivity index (χ2n) is 12.3. The Balaban J connectivity index is 1.17. The summed E-state index contributed by atoms with van der Waals surface area (Å²) in [5.41, 5.74) is 1.89. The van der Waals surface area contributed by atoms with Crippen LogP contribution in [0.4, 0.5) is 0 Å². The van der Waals surface area contributed by atoms with Crippen LogP contribution < -0.4 is 5.32 Å². The minimum atomic E-state index is -1.15. The number of hydrogen-bond acceptors (Lipinski definition) is 5. The molecule has 0 saturated heterocycles. The number of hydrogen-bond donors (Lipinski definition) is 2. The van der Waals surface area contributed by atoms with Gasteiger partial charge in [-0.05, 0) is 79.8 Å². The molecule has 0 bridgehead atoms. The third-order valence-corrected chi connectivity index (χ3v) is 10.4. The highest BCUT2D eigenvalue weighted by Crippen LogP contribution is 2.65. The molecular weight excluding hydrogens is 482 g/mol. The van der Waals surface area contributed by atoms with E-state index >= 15 is 0 Å². The van der Waals surface area contributed by atoms with Crippen molar-refractivity contribution in [1.82, 2.24) is 5.32 Å². The van der Waals surface area contributed by atoms with Crippen molar-refractivity contribution in [3.05, 3.63) is 47.5 Å². The van der Waals surface area contributed by atoms with Gasteiger partial charge in [0.25, 0.3) is 0 Å². The lowest BCUT2D eigenvalue weighted by Crippen LogP contribution is -2.51. The highest BCUT2D eigenvalue weighted by atomic mass is 16.5. The van der Waals surface area contributed by atoms with Gasteiger partial charge in [-0.1, -0.05) is 49.8 Å². The van der Waals surface area contributed by atoms with Crippen molar-refractivity contribution in [3.63, 3.8) is 0 Å². The lowest BCUT2D eigenvalue weighted by Gasteiger charge is -2.57. The zero-order chi connectivity index (χ0) is 27.1. The molecule has 0 spiro atoms. The number of ether oxygens (including phenoxy) is 1. The maximum Gasteiger partial charge on any atom is 0.330 e. The van der Waals surface area contributed by atoms with Crippen LogP contribution in [0.25, 0.3) is 0 Å². The summed E-state index contributed by atoms with van der Waals surface area (Å²) in [7, 11) is 0. The Morgan fingerprint density at radius 1 is 1.00 bits per heavy atom. The molecule has 1 amide bonds. The molecule has 0 aliphatic heterocycles. The lowest BCUT2D eigenvalue weighted by atomic mass is 9.47.